The van der Waals surface area contributed by atoms with Crippen molar-refractivity contribution in [2.24, 2.45) is 0 Å². The Morgan fingerprint density at radius 2 is 1.78 bits per heavy atom. The maximum absolute atomic E-state index is 5.76. The first-order valence-electron chi connectivity index (χ1n) is 8.00. The molecule has 0 bridgehead atoms. The minimum absolute atomic E-state index is 0.677. The van der Waals surface area contributed by atoms with Gasteiger partial charge in [0, 0.05) is 12.2 Å². The van der Waals surface area contributed by atoms with Gasteiger partial charge < -0.3 is 14.8 Å². The van der Waals surface area contributed by atoms with Crippen LogP contribution in [0.25, 0.3) is 0 Å². The monoisotopic (exact) mass is 377 g/mol. The van der Waals surface area contributed by atoms with Crippen molar-refractivity contribution in [2.45, 2.75) is 33.2 Å². The second kappa shape index (κ2) is 8.82. The van der Waals surface area contributed by atoms with Crippen molar-refractivity contribution in [3.8, 4) is 11.5 Å². The lowest BCUT2D eigenvalue weighted by atomic mass is 10.1. The molecule has 0 aliphatic heterocycles. The van der Waals surface area contributed by atoms with Crippen molar-refractivity contribution in [3.05, 3.63) is 52.0 Å². The number of ether oxygens (including phenoxy) is 2. The van der Waals surface area contributed by atoms with Crippen molar-refractivity contribution < 1.29 is 9.47 Å². The van der Waals surface area contributed by atoms with E-state index in [4.69, 9.17) is 9.47 Å². The summed E-state index contributed by atoms with van der Waals surface area (Å²) in [6, 6.07) is 12.6. The predicted octanol–water partition coefficient (Wildman–Crippen LogP) is 5.42. The van der Waals surface area contributed by atoms with Crippen LogP contribution < -0.4 is 14.8 Å². The fourth-order valence-electron chi connectivity index (χ4n) is 2.28. The summed E-state index contributed by atoms with van der Waals surface area (Å²) in [5, 5.41) is 3.44. The summed E-state index contributed by atoms with van der Waals surface area (Å²) in [5.74, 6) is 1.52. The largest absolute Gasteiger partial charge is 0.493 e. The average molecular weight is 378 g/mol. The van der Waals surface area contributed by atoms with Gasteiger partial charge in [0.25, 0.3) is 0 Å². The van der Waals surface area contributed by atoms with Gasteiger partial charge in [-0.15, -0.1) is 0 Å². The predicted molar refractivity (Wildman–Crippen MR) is 99.6 cm³/mol. The Morgan fingerprint density at radius 3 is 2.39 bits per heavy atom. The molecule has 0 aliphatic rings. The van der Waals surface area contributed by atoms with Crippen molar-refractivity contribution >= 4 is 21.6 Å². The van der Waals surface area contributed by atoms with E-state index in [2.05, 4.69) is 65.4 Å². The highest BCUT2D eigenvalue weighted by atomic mass is 79.9. The molecule has 1 N–H and O–H groups in total. The third-order valence-electron chi connectivity index (χ3n) is 3.60. The van der Waals surface area contributed by atoms with Crippen LogP contribution in [0.3, 0.4) is 0 Å². The normalized spacial score (nSPS) is 10.4. The van der Waals surface area contributed by atoms with E-state index < -0.39 is 0 Å². The molecular formula is C19H24BrNO2. The molecule has 2 aromatic carbocycles. The van der Waals surface area contributed by atoms with Crippen LogP contribution in [0.1, 0.15) is 31.4 Å². The van der Waals surface area contributed by atoms with E-state index in [0.717, 1.165) is 46.6 Å². The third kappa shape index (κ3) is 4.90. The molecule has 2 aromatic rings. The first-order chi connectivity index (χ1) is 11.2. The first-order valence-corrected chi connectivity index (χ1v) is 8.79. The first kappa shape index (κ1) is 17.7. The van der Waals surface area contributed by atoms with Gasteiger partial charge in [-0.3, -0.25) is 0 Å². The van der Waals surface area contributed by atoms with Crippen LogP contribution in [-0.2, 0) is 13.0 Å². The van der Waals surface area contributed by atoms with Crippen molar-refractivity contribution in [1.82, 2.24) is 0 Å². The minimum Gasteiger partial charge on any atom is -0.493 e. The molecule has 0 unspecified atom stereocenters. The van der Waals surface area contributed by atoms with Gasteiger partial charge in [0.15, 0.2) is 11.5 Å². The fraction of sp³-hybridized carbons (Fsp3) is 0.368. The van der Waals surface area contributed by atoms with Gasteiger partial charge in [-0.1, -0.05) is 26.0 Å². The number of aryl methyl sites for hydroxylation is 1. The molecule has 23 heavy (non-hydrogen) atoms. The van der Waals surface area contributed by atoms with Gasteiger partial charge in [0.2, 0.25) is 0 Å². The van der Waals surface area contributed by atoms with Crippen molar-refractivity contribution in [3.63, 3.8) is 0 Å². The van der Waals surface area contributed by atoms with E-state index in [1.165, 1.54) is 5.56 Å². The van der Waals surface area contributed by atoms with Crippen LogP contribution in [-0.4, -0.2) is 13.7 Å². The van der Waals surface area contributed by atoms with Crippen LogP contribution in [0.2, 0.25) is 0 Å². The Morgan fingerprint density at radius 1 is 1.04 bits per heavy atom. The van der Waals surface area contributed by atoms with Crippen LogP contribution in [0.4, 0.5) is 5.69 Å². The molecule has 4 heteroatoms. The zero-order valence-electron chi connectivity index (χ0n) is 14.0. The van der Waals surface area contributed by atoms with Gasteiger partial charge in [0.05, 0.1) is 18.2 Å². The van der Waals surface area contributed by atoms with E-state index >= 15 is 0 Å². The number of rotatable bonds is 8. The SMILES string of the molecule is CCCOc1c(Br)cc(CNc2ccc(CC)cc2)cc1OC. The Hall–Kier alpha value is -1.68. The lowest BCUT2D eigenvalue weighted by Gasteiger charge is -2.15. The lowest BCUT2D eigenvalue weighted by molar-refractivity contribution is 0.292. The van der Waals surface area contributed by atoms with E-state index in [0.29, 0.717) is 6.61 Å². The molecule has 0 heterocycles. The highest BCUT2D eigenvalue weighted by Crippen LogP contribution is 2.37. The highest BCUT2D eigenvalue weighted by molar-refractivity contribution is 9.10. The molecule has 0 aromatic heterocycles. The molecule has 0 fully saturated rings. The van der Waals surface area contributed by atoms with Crippen LogP contribution in [0, 0.1) is 0 Å². The van der Waals surface area contributed by atoms with Gasteiger partial charge in [-0.2, -0.15) is 0 Å². The summed E-state index contributed by atoms with van der Waals surface area (Å²) < 4.78 is 12.1. The van der Waals surface area contributed by atoms with E-state index in [9.17, 15) is 0 Å². The van der Waals surface area contributed by atoms with Crippen molar-refractivity contribution in [2.75, 3.05) is 19.0 Å². The Bertz CT molecular complexity index is 626. The van der Waals surface area contributed by atoms with Crippen molar-refractivity contribution in [1.29, 1.82) is 0 Å². The summed E-state index contributed by atoms with van der Waals surface area (Å²) in [6.07, 6.45) is 2.02. The lowest BCUT2D eigenvalue weighted by Crippen LogP contribution is -2.03. The molecule has 0 spiro atoms. The summed E-state index contributed by atoms with van der Waals surface area (Å²) in [5.41, 5.74) is 3.60. The standard InChI is InChI=1S/C19H24BrNO2/c1-4-10-23-19-17(20)11-15(12-18(19)22-3)13-21-16-8-6-14(5-2)7-9-16/h6-9,11-12,21H,4-5,10,13H2,1-3H3. The number of methoxy groups -OCH3 is 1. The minimum atomic E-state index is 0.677. The molecule has 0 radical (unpaired) electrons. The third-order valence-corrected chi connectivity index (χ3v) is 4.19. The smallest absolute Gasteiger partial charge is 0.175 e. The van der Waals surface area contributed by atoms with Gasteiger partial charge in [-0.25, -0.2) is 0 Å². The number of anilines is 1. The van der Waals surface area contributed by atoms with Gasteiger partial charge in [0.1, 0.15) is 0 Å². The topological polar surface area (TPSA) is 30.5 Å². The van der Waals surface area contributed by atoms with E-state index in [-0.39, 0.29) is 0 Å². The summed E-state index contributed by atoms with van der Waals surface area (Å²) >= 11 is 3.58. The maximum atomic E-state index is 5.76. The van der Waals surface area contributed by atoms with Gasteiger partial charge >= 0.3 is 0 Å². The van der Waals surface area contributed by atoms with Crippen LogP contribution >= 0.6 is 15.9 Å². The molecule has 0 saturated heterocycles. The molecule has 0 aliphatic carbocycles. The quantitative estimate of drug-likeness (QED) is 0.665. The molecule has 0 amide bonds. The molecule has 3 nitrogen and oxygen atoms in total. The van der Waals surface area contributed by atoms with Gasteiger partial charge in [-0.05, 0) is 64.2 Å². The average Bonchev–Trinajstić information content (AvgIpc) is 2.59. The zero-order chi connectivity index (χ0) is 16.7. The Balaban J connectivity index is 2.08. The fourth-order valence-corrected chi connectivity index (χ4v) is 2.89. The number of nitrogens with one attached hydrogen (secondary N) is 1. The maximum Gasteiger partial charge on any atom is 0.175 e. The van der Waals surface area contributed by atoms with Crippen LogP contribution in [0.5, 0.6) is 11.5 Å². The second-order valence-corrected chi connectivity index (χ2v) is 6.22. The highest BCUT2D eigenvalue weighted by Gasteiger charge is 2.11. The number of halogens is 1. The second-order valence-electron chi connectivity index (χ2n) is 5.36. The van der Waals surface area contributed by atoms with E-state index in [1.807, 2.05) is 6.07 Å². The summed E-state index contributed by atoms with van der Waals surface area (Å²) in [4.78, 5) is 0. The number of hydrogen-bond acceptors (Lipinski definition) is 3. The van der Waals surface area contributed by atoms with Crippen LogP contribution in [0.15, 0.2) is 40.9 Å². The summed E-state index contributed by atoms with van der Waals surface area (Å²) in [7, 11) is 1.67. The Kier molecular flexibility index (Phi) is 6.78. The number of hydrogen-bond donors (Lipinski definition) is 1. The molecule has 2 rings (SSSR count). The van der Waals surface area contributed by atoms with E-state index in [1.54, 1.807) is 7.11 Å². The molecule has 0 saturated carbocycles. The Labute approximate surface area is 147 Å². The molecular weight excluding hydrogens is 354 g/mol. The molecule has 0 atom stereocenters. The molecule has 124 valence electrons. The number of benzene rings is 2. The summed E-state index contributed by atoms with van der Waals surface area (Å²) in [6.45, 7) is 5.65. The zero-order valence-corrected chi connectivity index (χ0v) is 15.6.